The summed E-state index contributed by atoms with van der Waals surface area (Å²) in [4.78, 5) is 88.5. The Balaban J connectivity index is 0.984. The number of hydrogen-bond donors (Lipinski definition) is 6. The van der Waals surface area contributed by atoms with E-state index in [1.807, 2.05) is 24.3 Å². The summed E-state index contributed by atoms with van der Waals surface area (Å²) >= 11 is 0. The fourth-order valence-corrected chi connectivity index (χ4v) is 11.2. The molecule has 5 aliphatic rings. The van der Waals surface area contributed by atoms with E-state index < -0.39 is 59.9 Å². The smallest absolute Gasteiger partial charge is 0.246 e. The van der Waals surface area contributed by atoms with Crippen molar-refractivity contribution >= 4 is 35.4 Å². The highest BCUT2D eigenvalue weighted by molar-refractivity contribution is 5.95. The van der Waals surface area contributed by atoms with Crippen LogP contribution >= 0.6 is 0 Å². The van der Waals surface area contributed by atoms with E-state index in [1.165, 1.54) is 11.1 Å². The topological polar surface area (TPSA) is 242 Å². The number of rotatable bonds is 16. The standard InChI is InChI=1S/C51H68N14O6/c1-30(52-3)46(66)56-40(50(70)62-24-11-22-42(62)48(68)54-36-20-9-16-32-14-5-7-18-34(32)36)28-38-44-45-39(59-61-65(45)27-13-26-64(44)60-58-38)29-41(57-47(67)31(2)53-4)51(71)63-25-12-23-43(63)49(69)55-37-21-10-17-33-15-6-8-19-35(33)37/h5-8,14-15,18-19,30-31,36-37,40-43,52-53H,9-13,16-17,20-29H2,1-4H3,(H,54,68)(H,55,69)(H,56,66)(H,57,67)/t30-,31-,36+,37+,40-,41-,42-,43?/m0/s1. The van der Waals surface area contributed by atoms with Crippen LogP contribution in [-0.4, -0.2) is 139 Å². The second-order valence-electron chi connectivity index (χ2n) is 19.8. The minimum Gasteiger partial charge on any atom is -0.347 e. The van der Waals surface area contributed by atoms with Crippen molar-refractivity contribution < 1.29 is 28.8 Å². The monoisotopic (exact) mass is 973 g/mol. The zero-order chi connectivity index (χ0) is 49.8. The number of aryl methyl sites for hydroxylation is 4. The lowest BCUT2D eigenvalue weighted by molar-refractivity contribution is -0.141. The molecule has 0 saturated carbocycles. The van der Waals surface area contributed by atoms with Gasteiger partial charge in [0.1, 0.15) is 35.6 Å². The van der Waals surface area contributed by atoms with Crippen molar-refractivity contribution in [1.82, 2.24) is 71.7 Å². The van der Waals surface area contributed by atoms with Gasteiger partial charge in [0.05, 0.1) is 35.6 Å². The molecule has 8 atom stereocenters. The molecule has 6 N–H and O–H groups in total. The molecular formula is C51H68N14O6. The molecule has 0 spiro atoms. The first kappa shape index (κ1) is 49.4. The maximum Gasteiger partial charge on any atom is 0.246 e. The van der Waals surface area contributed by atoms with Crippen molar-refractivity contribution in [3.63, 3.8) is 0 Å². The number of likely N-dealkylation sites (tertiary alicyclic amines) is 2. The zero-order valence-corrected chi connectivity index (χ0v) is 41.3. The number of carbonyl (C=O) groups excluding carboxylic acids is 6. The number of carbonyl (C=O) groups is 6. The normalized spacial score (nSPS) is 22.1. The van der Waals surface area contributed by atoms with E-state index in [2.05, 4.69) is 76.8 Å². The summed E-state index contributed by atoms with van der Waals surface area (Å²) in [5.41, 5.74) is 6.47. The highest BCUT2D eigenvalue weighted by Gasteiger charge is 2.43. The first-order chi connectivity index (χ1) is 34.4. The fraction of sp³-hybridized carbons (Fsp3) is 0.569. The minimum absolute atomic E-state index is 0.0728. The molecule has 20 heteroatoms. The average molecular weight is 973 g/mol. The molecule has 0 radical (unpaired) electrons. The van der Waals surface area contributed by atoms with E-state index in [0.717, 1.165) is 49.7 Å². The number of fused-ring (bicyclic) bond motifs is 5. The lowest BCUT2D eigenvalue weighted by atomic mass is 9.87. The summed E-state index contributed by atoms with van der Waals surface area (Å²) in [5, 5.41) is 36.7. The van der Waals surface area contributed by atoms with Gasteiger partial charge in [0.25, 0.3) is 0 Å². The molecule has 2 aliphatic carbocycles. The number of nitrogens with zero attached hydrogens (tertiary/aromatic N) is 8. The molecule has 1 unspecified atom stereocenters. The lowest BCUT2D eigenvalue weighted by Crippen LogP contribution is -2.56. The minimum atomic E-state index is -1.13. The molecule has 71 heavy (non-hydrogen) atoms. The largest absolute Gasteiger partial charge is 0.347 e. The predicted octanol–water partition coefficient (Wildman–Crippen LogP) is 1.58. The number of aromatic nitrogens is 6. The van der Waals surface area contributed by atoms with E-state index in [1.54, 1.807) is 47.1 Å². The Morgan fingerprint density at radius 2 is 0.986 bits per heavy atom. The maximum atomic E-state index is 14.9. The zero-order valence-electron chi connectivity index (χ0n) is 41.3. The van der Waals surface area contributed by atoms with Gasteiger partial charge in [0.15, 0.2) is 0 Å². The molecule has 20 nitrogen and oxygen atoms in total. The van der Waals surface area contributed by atoms with E-state index in [0.29, 0.717) is 81.1 Å². The molecule has 5 heterocycles. The first-order valence-corrected chi connectivity index (χ1v) is 25.6. The van der Waals surface area contributed by atoms with Crippen LogP contribution in [0.4, 0.5) is 0 Å². The Morgan fingerprint density at radius 1 is 0.563 bits per heavy atom. The summed E-state index contributed by atoms with van der Waals surface area (Å²) < 4.78 is 3.47. The van der Waals surface area contributed by atoms with Gasteiger partial charge in [0.2, 0.25) is 35.4 Å². The van der Waals surface area contributed by atoms with Crippen molar-refractivity contribution in [2.24, 2.45) is 0 Å². The number of likely N-dealkylation sites (N-methyl/N-ethyl adjacent to an activating group) is 2. The Bertz CT molecular complexity index is 2450. The number of amides is 6. The molecule has 3 aliphatic heterocycles. The fourth-order valence-electron chi connectivity index (χ4n) is 11.2. The quantitative estimate of drug-likeness (QED) is 0.0939. The van der Waals surface area contributed by atoms with Crippen LogP contribution in [0.25, 0.3) is 11.4 Å². The molecule has 2 saturated heterocycles. The third kappa shape index (κ3) is 10.4. The van der Waals surface area contributed by atoms with Crippen molar-refractivity contribution in [1.29, 1.82) is 0 Å². The van der Waals surface area contributed by atoms with Gasteiger partial charge in [0, 0.05) is 39.0 Å². The van der Waals surface area contributed by atoms with Crippen LogP contribution in [0.2, 0.25) is 0 Å². The Kier molecular flexibility index (Phi) is 15.2. The third-order valence-corrected chi connectivity index (χ3v) is 15.3. The summed E-state index contributed by atoms with van der Waals surface area (Å²) in [6, 6.07) is 11.0. The Morgan fingerprint density at radius 3 is 1.41 bits per heavy atom. The highest BCUT2D eigenvalue weighted by Crippen LogP contribution is 2.34. The molecule has 378 valence electrons. The van der Waals surface area contributed by atoms with E-state index in [4.69, 9.17) is 0 Å². The number of hydrogen-bond acceptors (Lipinski definition) is 12. The van der Waals surface area contributed by atoms with Crippen molar-refractivity contribution in [3.05, 3.63) is 82.2 Å². The molecule has 0 bridgehead atoms. The van der Waals surface area contributed by atoms with Gasteiger partial charge in [-0.1, -0.05) is 59.0 Å². The summed E-state index contributed by atoms with van der Waals surface area (Å²) in [6.07, 6.45) is 8.09. The van der Waals surface area contributed by atoms with Crippen LogP contribution in [0.1, 0.15) is 117 Å². The molecule has 6 amide bonds. The Labute approximate surface area is 414 Å². The SMILES string of the molecule is CN[C@@H](C)C(=O)N[C@@H](Cc1nnn2c1-c1c(C[C@H](NC(=O)[C@H](C)NC)C(=O)N3CCC[C@H]3C(=O)N[C@@H]3CCCc4ccccc43)nnn1CCC2)C(=O)N1CCCC1C(=O)N[C@@H]1CCCc2ccccc21. The third-order valence-electron chi connectivity index (χ3n) is 15.3. The van der Waals surface area contributed by atoms with Gasteiger partial charge in [-0.25, -0.2) is 9.36 Å². The van der Waals surface area contributed by atoms with Gasteiger partial charge in [-0.05, 0) is 121 Å². The van der Waals surface area contributed by atoms with Gasteiger partial charge >= 0.3 is 0 Å². The van der Waals surface area contributed by atoms with E-state index in [-0.39, 0.29) is 36.7 Å². The van der Waals surface area contributed by atoms with Crippen LogP contribution in [0.15, 0.2) is 48.5 Å². The van der Waals surface area contributed by atoms with Gasteiger partial charge in [-0.3, -0.25) is 28.8 Å². The number of nitrogens with one attached hydrogen (secondary N) is 6. The molecular weight excluding hydrogens is 905 g/mol. The maximum absolute atomic E-state index is 14.9. The van der Waals surface area contributed by atoms with Crippen LogP contribution in [-0.2, 0) is 67.5 Å². The van der Waals surface area contributed by atoms with Crippen LogP contribution in [0, 0.1) is 0 Å². The van der Waals surface area contributed by atoms with Crippen LogP contribution in [0.5, 0.6) is 0 Å². The predicted molar refractivity (Wildman–Crippen MR) is 262 cm³/mol. The Hall–Kier alpha value is -6.54. The first-order valence-electron chi connectivity index (χ1n) is 25.6. The average Bonchev–Trinajstić information content (AvgIpc) is 4.22. The van der Waals surface area contributed by atoms with Crippen LogP contribution in [0.3, 0.4) is 0 Å². The molecule has 2 aromatic heterocycles. The van der Waals surface area contributed by atoms with Crippen LogP contribution < -0.4 is 31.9 Å². The van der Waals surface area contributed by atoms with Gasteiger partial charge < -0.3 is 41.7 Å². The van der Waals surface area contributed by atoms with Gasteiger partial charge in [-0.2, -0.15) is 0 Å². The van der Waals surface area contributed by atoms with Crippen molar-refractivity contribution in [2.75, 3.05) is 27.2 Å². The summed E-state index contributed by atoms with van der Waals surface area (Å²) in [7, 11) is 3.32. The molecule has 2 aromatic carbocycles. The highest BCUT2D eigenvalue weighted by atomic mass is 16.2. The van der Waals surface area contributed by atoms with E-state index in [9.17, 15) is 28.8 Å². The van der Waals surface area contributed by atoms with E-state index >= 15 is 0 Å². The molecule has 4 aromatic rings. The second-order valence-corrected chi connectivity index (χ2v) is 19.8. The molecule has 9 rings (SSSR count). The van der Waals surface area contributed by atoms with Crippen molar-refractivity contribution in [2.45, 2.75) is 159 Å². The number of benzene rings is 2. The summed E-state index contributed by atoms with van der Waals surface area (Å²) in [6.45, 7) is 5.00. The van der Waals surface area contributed by atoms with Crippen molar-refractivity contribution in [3.8, 4) is 11.4 Å². The summed E-state index contributed by atoms with van der Waals surface area (Å²) in [5.74, 6) is -2.06. The second kappa shape index (κ2) is 21.8. The lowest BCUT2D eigenvalue weighted by Gasteiger charge is -2.32. The van der Waals surface area contributed by atoms with Gasteiger partial charge in [-0.15, -0.1) is 10.2 Å². The molecule has 2 fully saturated rings.